The van der Waals surface area contributed by atoms with Gasteiger partial charge in [-0.25, -0.2) is 9.59 Å². The van der Waals surface area contributed by atoms with E-state index < -0.39 is 29.4 Å². The molecule has 2 N–H and O–H groups in total. The molecule has 0 bridgehead atoms. The van der Waals surface area contributed by atoms with Crippen LogP contribution in [0, 0.1) is 0 Å². The first kappa shape index (κ1) is 18.9. The Kier molecular flexibility index (Phi) is 4.95. The zero-order valence-electron chi connectivity index (χ0n) is 15.1. The molecule has 1 aromatic carbocycles. The van der Waals surface area contributed by atoms with Crippen LogP contribution in [0.25, 0.3) is 21.9 Å². The molecule has 2 aromatic heterocycles. The van der Waals surface area contributed by atoms with Crippen LogP contribution in [0.1, 0.15) is 20.8 Å². The average Bonchev–Trinajstić information content (AvgIpc) is 3.04. The van der Waals surface area contributed by atoms with E-state index in [2.05, 4.69) is 0 Å². The van der Waals surface area contributed by atoms with Crippen LogP contribution < -0.4 is 10.4 Å². The van der Waals surface area contributed by atoms with Crippen LogP contribution in [0.4, 0.5) is 0 Å². The first-order valence-electron chi connectivity index (χ1n) is 8.34. The fourth-order valence-corrected chi connectivity index (χ4v) is 2.52. The van der Waals surface area contributed by atoms with Crippen LogP contribution in [0.5, 0.6) is 5.75 Å². The Hall–Kier alpha value is -2.84. The monoisotopic (exact) mass is 376 g/mol. The van der Waals surface area contributed by atoms with Crippen LogP contribution >= 0.6 is 0 Å². The number of rotatable bonds is 6. The molecule has 0 amide bonds. The minimum Gasteiger partial charge on any atom is -0.482 e. The maximum absolute atomic E-state index is 11.7. The highest BCUT2D eigenvalue weighted by Gasteiger charge is 2.33. The molecule has 0 aliphatic heterocycles. The molecular weight excluding hydrogens is 356 g/mol. The minimum atomic E-state index is -1.45. The Balaban J connectivity index is 1.98. The number of esters is 1. The van der Waals surface area contributed by atoms with Crippen LogP contribution in [0.2, 0.25) is 0 Å². The molecule has 0 spiro atoms. The second kappa shape index (κ2) is 7.05. The molecule has 0 aliphatic rings. The highest BCUT2D eigenvalue weighted by Crippen LogP contribution is 2.35. The summed E-state index contributed by atoms with van der Waals surface area (Å²) in [5.74, 6) is -0.731. The Labute approximate surface area is 153 Å². The normalized spacial score (nSPS) is 14.3. The van der Waals surface area contributed by atoms with Gasteiger partial charge in [-0.3, -0.25) is 0 Å². The summed E-state index contributed by atoms with van der Waals surface area (Å²) in [6.45, 7) is 3.90. The summed E-state index contributed by atoms with van der Waals surface area (Å²) in [5.41, 5.74) is -1.47. The summed E-state index contributed by atoms with van der Waals surface area (Å²) in [7, 11) is 0. The maximum atomic E-state index is 11.7. The molecule has 2 heterocycles. The van der Waals surface area contributed by atoms with E-state index in [1.165, 1.54) is 33.1 Å². The Morgan fingerprint density at radius 1 is 1.22 bits per heavy atom. The van der Waals surface area contributed by atoms with E-state index in [0.717, 1.165) is 5.39 Å². The molecule has 8 nitrogen and oxygen atoms in total. The fraction of sp³-hybridized carbons (Fsp3) is 0.368. The van der Waals surface area contributed by atoms with E-state index in [9.17, 15) is 19.8 Å². The van der Waals surface area contributed by atoms with Gasteiger partial charge in [0.05, 0.1) is 11.9 Å². The van der Waals surface area contributed by atoms with Crippen LogP contribution in [0.15, 0.2) is 44.2 Å². The molecule has 2 unspecified atom stereocenters. The lowest BCUT2D eigenvalue weighted by Crippen LogP contribution is -2.45. The van der Waals surface area contributed by atoms with Gasteiger partial charge in [0.25, 0.3) is 0 Å². The number of fused-ring (bicyclic) bond motifs is 2. The lowest BCUT2D eigenvalue weighted by molar-refractivity contribution is -0.173. The number of benzene rings is 1. The van der Waals surface area contributed by atoms with Crippen molar-refractivity contribution in [2.45, 2.75) is 38.6 Å². The topological polar surface area (TPSA) is 119 Å². The largest absolute Gasteiger partial charge is 0.482 e. The molecule has 0 saturated heterocycles. The van der Waals surface area contributed by atoms with Crippen molar-refractivity contribution in [1.29, 1.82) is 0 Å². The smallest absolute Gasteiger partial charge is 0.336 e. The minimum absolute atomic E-state index is 0.160. The summed E-state index contributed by atoms with van der Waals surface area (Å²) < 4.78 is 21.6. The molecule has 0 aliphatic carbocycles. The van der Waals surface area contributed by atoms with Crippen molar-refractivity contribution in [2.24, 2.45) is 0 Å². The summed E-state index contributed by atoms with van der Waals surface area (Å²) in [6, 6.07) is 6.40. The molecule has 144 valence electrons. The van der Waals surface area contributed by atoms with E-state index in [0.29, 0.717) is 11.0 Å². The predicted octanol–water partition coefficient (Wildman–Crippen LogP) is 1.98. The summed E-state index contributed by atoms with van der Waals surface area (Å²) in [5, 5.41) is 21.0. The van der Waals surface area contributed by atoms with Crippen molar-refractivity contribution >= 4 is 27.9 Å². The number of aliphatic hydroxyl groups is 2. The van der Waals surface area contributed by atoms with Gasteiger partial charge in [0.2, 0.25) is 5.75 Å². The first-order chi connectivity index (χ1) is 12.7. The van der Waals surface area contributed by atoms with Gasteiger partial charge in [0.1, 0.15) is 12.7 Å². The van der Waals surface area contributed by atoms with Gasteiger partial charge in [-0.1, -0.05) is 0 Å². The molecule has 0 fully saturated rings. The molecule has 8 heteroatoms. The number of hydrogen-bond acceptors (Lipinski definition) is 8. The Morgan fingerprint density at radius 3 is 2.59 bits per heavy atom. The average molecular weight is 376 g/mol. The zero-order valence-corrected chi connectivity index (χ0v) is 15.1. The van der Waals surface area contributed by atoms with Crippen molar-refractivity contribution in [2.75, 3.05) is 6.61 Å². The van der Waals surface area contributed by atoms with E-state index in [1.54, 1.807) is 18.2 Å². The van der Waals surface area contributed by atoms with Crippen LogP contribution in [-0.4, -0.2) is 40.6 Å². The highest BCUT2D eigenvalue weighted by atomic mass is 16.6. The molecule has 0 radical (unpaired) electrons. The lowest BCUT2D eigenvalue weighted by Gasteiger charge is -2.29. The van der Waals surface area contributed by atoms with Crippen molar-refractivity contribution in [3.8, 4) is 5.75 Å². The molecule has 3 aromatic rings. The molecule has 27 heavy (non-hydrogen) atoms. The van der Waals surface area contributed by atoms with Gasteiger partial charge in [0.15, 0.2) is 17.3 Å². The molecule has 3 rings (SSSR count). The Bertz CT molecular complexity index is 1020. The standard InChI is InChI=1S/C19H20O8/c1-10(20)18(22)26-13(19(2,3)23)9-25-17-15-12(6-7-24-15)8-11-4-5-14(21)27-16(11)17/h4-8,10,13,20,23H,9H2,1-3H3. The number of hydrogen-bond donors (Lipinski definition) is 2. The van der Waals surface area contributed by atoms with Gasteiger partial charge in [0, 0.05) is 16.8 Å². The first-order valence-corrected chi connectivity index (χ1v) is 8.34. The third-order valence-electron chi connectivity index (χ3n) is 4.05. The van der Waals surface area contributed by atoms with Gasteiger partial charge < -0.3 is 28.5 Å². The number of aliphatic hydroxyl groups excluding tert-OH is 1. The number of furan rings is 1. The quantitative estimate of drug-likeness (QED) is 0.495. The second-order valence-corrected chi connectivity index (χ2v) is 6.78. The molecule has 2 atom stereocenters. The summed E-state index contributed by atoms with van der Waals surface area (Å²) >= 11 is 0. The van der Waals surface area contributed by atoms with Crippen molar-refractivity contribution < 1.29 is 33.3 Å². The predicted molar refractivity (Wildman–Crippen MR) is 95.6 cm³/mol. The third kappa shape index (κ3) is 3.96. The summed E-state index contributed by atoms with van der Waals surface area (Å²) in [4.78, 5) is 23.4. The third-order valence-corrected chi connectivity index (χ3v) is 4.05. The van der Waals surface area contributed by atoms with Gasteiger partial charge in [-0.15, -0.1) is 0 Å². The fourth-order valence-electron chi connectivity index (χ4n) is 2.52. The number of ether oxygens (including phenoxy) is 2. The van der Waals surface area contributed by atoms with Gasteiger partial charge in [-0.2, -0.15) is 0 Å². The molecular formula is C19H20O8. The number of carbonyl (C=O) groups excluding carboxylic acids is 1. The highest BCUT2D eigenvalue weighted by molar-refractivity contribution is 5.99. The van der Waals surface area contributed by atoms with Gasteiger partial charge >= 0.3 is 11.6 Å². The van der Waals surface area contributed by atoms with Crippen LogP contribution in [-0.2, 0) is 9.53 Å². The molecule has 0 saturated carbocycles. The second-order valence-electron chi connectivity index (χ2n) is 6.78. The summed E-state index contributed by atoms with van der Waals surface area (Å²) in [6.07, 6.45) is -0.965. The van der Waals surface area contributed by atoms with Crippen molar-refractivity contribution in [1.82, 2.24) is 0 Å². The van der Waals surface area contributed by atoms with E-state index in [-0.39, 0.29) is 17.9 Å². The van der Waals surface area contributed by atoms with Crippen molar-refractivity contribution in [3.05, 3.63) is 40.9 Å². The SMILES string of the molecule is CC(O)C(=O)OC(COc1c2occc2cc2ccc(=O)oc12)C(C)(C)O. The van der Waals surface area contributed by atoms with E-state index >= 15 is 0 Å². The Morgan fingerprint density at radius 2 is 1.93 bits per heavy atom. The van der Waals surface area contributed by atoms with Gasteiger partial charge in [-0.05, 0) is 39.0 Å². The van der Waals surface area contributed by atoms with Crippen LogP contribution in [0.3, 0.4) is 0 Å². The maximum Gasteiger partial charge on any atom is 0.336 e. The zero-order chi connectivity index (χ0) is 19.8. The van der Waals surface area contributed by atoms with Crippen molar-refractivity contribution in [3.63, 3.8) is 0 Å². The lowest BCUT2D eigenvalue weighted by atomic mass is 10.0. The number of carbonyl (C=O) groups is 1. The van der Waals surface area contributed by atoms with E-state index in [1.807, 2.05) is 0 Å². The van der Waals surface area contributed by atoms with E-state index in [4.69, 9.17) is 18.3 Å².